The standard InChI is InChI=1S/C16H26N2O3/c1-5-20-14(16(2,3)4)15-17-13(21-18-15)10-12(19)11-8-6-7-9-11/h11,14H,5-10H2,1-4H3. The molecule has 1 atom stereocenters. The van der Waals surface area contributed by atoms with E-state index in [0.717, 1.165) is 25.7 Å². The van der Waals surface area contributed by atoms with Gasteiger partial charge in [0.05, 0.1) is 6.42 Å². The number of rotatable bonds is 6. The van der Waals surface area contributed by atoms with Crippen LogP contribution in [-0.4, -0.2) is 22.5 Å². The van der Waals surface area contributed by atoms with Crippen LogP contribution in [0.1, 0.15) is 71.2 Å². The maximum Gasteiger partial charge on any atom is 0.234 e. The minimum absolute atomic E-state index is 0.118. The van der Waals surface area contributed by atoms with Crippen LogP contribution in [0.25, 0.3) is 0 Å². The molecule has 118 valence electrons. The Balaban J connectivity index is 2.04. The lowest BCUT2D eigenvalue weighted by atomic mass is 9.88. The average Bonchev–Trinajstić information content (AvgIpc) is 3.05. The van der Waals surface area contributed by atoms with Gasteiger partial charge in [0, 0.05) is 12.5 Å². The molecule has 21 heavy (non-hydrogen) atoms. The van der Waals surface area contributed by atoms with Crippen molar-refractivity contribution in [2.24, 2.45) is 11.3 Å². The van der Waals surface area contributed by atoms with E-state index in [9.17, 15) is 4.79 Å². The summed E-state index contributed by atoms with van der Waals surface area (Å²) in [6.45, 7) is 8.77. The number of carbonyl (C=O) groups excluding carboxylic acids is 1. The molecule has 2 rings (SSSR count). The minimum Gasteiger partial charge on any atom is -0.370 e. The van der Waals surface area contributed by atoms with Crippen LogP contribution in [0, 0.1) is 11.3 Å². The van der Waals surface area contributed by atoms with Crippen molar-refractivity contribution in [3.05, 3.63) is 11.7 Å². The second-order valence-corrected chi connectivity index (χ2v) is 6.87. The zero-order valence-corrected chi connectivity index (χ0v) is 13.5. The number of hydrogen-bond acceptors (Lipinski definition) is 5. The Hall–Kier alpha value is -1.23. The number of Topliss-reactive ketones (excluding diaryl/α,β-unsaturated/α-hetero) is 1. The quantitative estimate of drug-likeness (QED) is 0.803. The third-order valence-electron chi connectivity index (χ3n) is 3.97. The van der Waals surface area contributed by atoms with Crippen LogP contribution >= 0.6 is 0 Å². The van der Waals surface area contributed by atoms with Crippen molar-refractivity contribution in [3.63, 3.8) is 0 Å². The van der Waals surface area contributed by atoms with Gasteiger partial charge in [-0.1, -0.05) is 38.8 Å². The smallest absolute Gasteiger partial charge is 0.234 e. The largest absolute Gasteiger partial charge is 0.370 e. The lowest BCUT2D eigenvalue weighted by Crippen LogP contribution is -2.22. The van der Waals surface area contributed by atoms with Gasteiger partial charge in [-0.25, -0.2) is 0 Å². The molecule has 1 aromatic rings. The Labute approximate surface area is 126 Å². The molecule has 5 nitrogen and oxygen atoms in total. The van der Waals surface area contributed by atoms with E-state index in [1.54, 1.807) is 0 Å². The van der Waals surface area contributed by atoms with Gasteiger partial charge < -0.3 is 9.26 Å². The van der Waals surface area contributed by atoms with Crippen LogP contribution in [0.4, 0.5) is 0 Å². The number of ether oxygens (including phenoxy) is 1. The third kappa shape index (κ3) is 4.13. The molecular formula is C16H26N2O3. The highest BCUT2D eigenvalue weighted by atomic mass is 16.5. The molecule has 0 aliphatic heterocycles. The van der Waals surface area contributed by atoms with E-state index in [0.29, 0.717) is 18.3 Å². The molecule has 1 aliphatic carbocycles. The van der Waals surface area contributed by atoms with E-state index in [1.807, 2.05) is 6.92 Å². The fraction of sp³-hybridized carbons (Fsp3) is 0.812. The topological polar surface area (TPSA) is 65.2 Å². The number of aromatic nitrogens is 2. The molecule has 1 heterocycles. The molecule has 0 amide bonds. The fourth-order valence-corrected chi connectivity index (χ4v) is 2.87. The van der Waals surface area contributed by atoms with Gasteiger partial charge in [-0.3, -0.25) is 4.79 Å². The molecule has 0 spiro atoms. The highest BCUT2D eigenvalue weighted by Crippen LogP contribution is 2.34. The molecule has 1 aliphatic rings. The molecule has 1 aromatic heterocycles. The predicted molar refractivity (Wildman–Crippen MR) is 78.8 cm³/mol. The molecule has 0 aromatic carbocycles. The van der Waals surface area contributed by atoms with Crippen molar-refractivity contribution in [2.75, 3.05) is 6.61 Å². The summed E-state index contributed by atoms with van der Waals surface area (Å²) in [5.41, 5.74) is -0.118. The summed E-state index contributed by atoms with van der Waals surface area (Å²) in [7, 11) is 0. The molecule has 1 fully saturated rings. The van der Waals surface area contributed by atoms with Crippen molar-refractivity contribution < 1.29 is 14.1 Å². The zero-order valence-electron chi connectivity index (χ0n) is 13.5. The van der Waals surface area contributed by atoms with Crippen molar-refractivity contribution >= 4 is 5.78 Å². The van der Waals surface area contributed by atoms with E-state index < -0.39 is 0 Å². The van der Waals surface area contributed by atoms with Crippen LogP contribution in [0.15, 0.2) is 4.52 Å². The van der Waals surface area contributed by atoms with Crippen LogP contribution < -0.4 is 0 Å². The van der Waals surface area contributed by atoms with E-state index >= 15 is 0 Å². The van der Waals surface area contributed by atoms with Gasteiger partial charge in [-0.05, 0) is 25.2 Å². The minimum atomic E-state index is -0.221. The van der Waals surface area contributed by atoms with Crippen molar-refractivity contribution in [3.8, 4) is 0 Å². The highest BCUT2D eigenvalue weighted by Gasteiger charge is 2.32. The van der Waals surface area contributed by atoms with Crippen LogP contribution in [0.3, 0.4) is 0 Å². The lowest BCUT2D eigenvalue weighted by molar-refractivity contribution is -0.122. The molecule has 0 N–H and O–H groups in total. The molecule has 0 radical (unpaired) electrons. The fourth-order valence-electron chi connectivity index (χ4n) is 2.87. The van der Waals surface area contributed by atoms with Gasteiger partial charge in [0.1, 0.15) is 11.9 Å². The highest BCUT2D eigenvalue weighted by molar-refractivity contribution is 5.82. The van der Waals surface area contributed by atoms with Crippen LogP contribution in [-0.2, 0) is 16.0 Å². The van der Waals surface area contributed by atoms with Gasteiger partial charge in [-0.2, -0.15) is 4.98 Å². The Morgan fingerprint density at radius 3 is 2.62 bits per heavy atom. The van der Waals surface area contributed by atoms with Gasteiger partial charge in [0.25, 0.3) is 0 Å². The summed E-state index contributed by atoms with van der Waals surface area (Å²) in [5, 5.41) is 4.02. The van der Waals surface area contributed by atoms with Crippen molar-refractivity contribution in [1.82, 2.24) is 10.1 Å². The summed E-state index contributed by atoms with van der Waals surface area (Å²) in [6, 6.07) is 0. The Kier molecular flexibility index (Phi) is 5.14. The monoisotopic (exact) mass is 294 g/mol. The van der Waals surface area contributed by atoms with E-state index in [1.165, 1.54) is 0 Å². The first-order valence-electron chi connectivity index (χ1n) is 7.88. The first kappa shape index (κ1) is 16.1. The second kappa shape index (κ2) is 6.69. The molecule has 5 heteroatoms. The van der Waals surface area contributed by atoms with Gasteiger partial charge in [0.15, 0.2) is 0 Å². The summed E-state index contributed by atoms with van der Waals surface area (Å²) in [4.78, 5) is 16.5. The Bertz CT molecular complexity index is 470. The molecule has 0 saturated heterocycles. The van der Waals surface area contributed by atoms with Gasteiger partial charge in [-0.15, -0.1) is 0 Å². The normalized spacial score (nSPS) is 18.1. The lowest BCUT2D eigenvalue weighted by Gasteiger charge is -2.27. The summed E-state index contributed by atoms with van der Waals surface area (Å²) in [5.74, 6) is 1.37. The zero-order chi connectivity index (χ0) is 15.5. The Morgan fingerprint density at radius 2 is 2.05 bits per heavy atom. The first-order valence-corrected chi connectivity index (χ1v) is 7.88. The summed E-state index contributed by atoms with van der Waals surface area (Å²) in [6.07, 6.45) is 4.35. The molecule has 0 bridgehead atoms. The number of nitrogens with zero attached hydrogens (tertiary/aromatic N) is 2. The third-order valence-corrected chi connectivity index (χ3v) is 3.97. The SMILES string of the molecule is CCOC(c1noc(CC(=O)C2CCCC2)n1)C(C)(C)C. The molecule has 1 saturated carbocycles. The van der Waals surface area contributed by atoms with E-state index in [4.69, 9.17) is 9.26 Å². The van der Waals surface area contributed by atoms with Crippen molar-refractivity contribution in [1.29, 1.82) is 0 Å². The van der Waals surface area contributed by atoms with Gasteiger partial charge >= 0.3 is 0 Å². The van der Waals surface area contributed by atoms with E-state index in [-0.39, 0.29) is 29.6 Å². The van der Waals surface area contributed by atoms with Crippen LogP contribution in [0.5, 0.6) is 0 Å². The second-order valence-electron chi connectivity index (χ2n) is 6.87. The first-order chi connectivity index (χ1) is 9.91. The van der Waals surface area contributed by atoms with Gasteiger partial charge in [0.2, 0.25) is 11.7 Å². The molecular weight excluding hydrogens is 268 g/mol. The molecule has 1 unspecified atom stereocenters. The number of ketones is 1. The van der Waals surface area contributed by atoms with Crippen LogP contribution in [0.2, 0.25) is 0 Å². The maximum absolute atomic E-state index is 12.2. The Morgan fingerprint density at radius 1 is 1.38 bits per heavy atom. The average molecular weight is 294 g/mol. The summed E-state index contributed by atoms with van der Waals surface area (Å²) < 4.78 is 11.0. The number of carbonyl (C=O) groups is 1. The van der Waals surface area contributed by atoms with E-state index in [2.05, 4.69) is 30.9 Å². The predicted octanol–water partition coefficient (Wildman–Crippen LogP) is 3.50. The number of hydrogen-bond donors (Lipinski definition) is 0. The summed E-state index contributed by atoms with van der Waals surface area (Å²) >= 11 is 0. The maximum atomic E-state index is 12.2. The van der Waals surface area contributed by atoms with Crippen molar-refractivity contribution in [2.45, 2.75) is 65.9 Å².